The molecular formula is C23H18BrFN4O. The van der Waals surface area contributed by atoms with E-state index in [9.17, 15) is 9.18 Å². The molecule has 0 saturated heterocycles. The Morgan fingerprint density at radius 1 is 1.03 bits per heavy atom. The Morgan fingerprint density at radius 2 is 1.77 bits per heavy atom. The number of rotatable bonds is 4. The lowest BCUT2D eigenvalue weighted by Gasteiger charge is -2.10. The largest absolute Gasteiger partial charge is 0.317 e. The number of nitrogens with zero attached hydrogens (tertiary/aromatic N) is 3. The highest BCUT2D eigenvalue weighted by Crippen LogP contribution is 2.25. The molecule has 150 valence electrons. The van der Waals surface area contributed by atoms with Gasteiger partial charge in [-0.15, -0.1) is 5.10 Å². The highest BCUT2D eigenvalue weighted by molar-refractivity contribution is 9.10. The van der Waals surface area contributed by atoms with Crippen molar-refractivity contribution in [2.24, 2.45) is 0 Å². The fourth-order valence-electron chi connectivity index (χ4n) is 3.15. The molecule has 0 aliphatic heterocycles. The maximum absolute atomic E-state index is 13.9. The number of benzene rings is 3. The van der Waals surface area contributed by atoms with Crippen LogP contribution in [-0.2, 0) is 0 Å². The van der Waals surface area contributed by atoms with Crippen LogP contribution in [0.25, 0.3) is 17.1 Å². The topological polar surface area (TPSA) is 59.8 Å². The first-order chi connectivity index (χ1) is 14.4. The molecule has 0 aliphatic carbocycles. The van der Waals surface area contributed by atoms with Gasteiger partial charge >= 0.3 is 0 Å². The number of hydrogen-bond donors (Lipinski definition) is 1. The van der Waals surface area contributed by atoms with E-state index in [2.05, 4.69) is 31.3 Å². The number of halogens is 2. The summed E-state index contributed by atoms with van der Waals surface area (Å²) in [5, 5.41) is 7.00. The molecule has 0 fully saturated rings. The molecule has 4 aromatic rings. The molecule has 1 N–H and O–H groups in total. The average Bonchev–Trinajstić information content (AvgIpc) is 3.15. The number of aryl methyl sites for hydroxylation is 2. The molecule has 5 nitrogen and oxygen atoms in total. The summed E-state index contributed by atoms with van der Waals surface area (Å²) in [6.45, 7) is 4.00. The molecule has 1 heterocycles. The standard InChI is InChI=1S/C23H18BrFN4O/c1-14-7-12-20(15(2)13-14)29-22(16-8-10-17(24)11-9-16)27-21(28-29)23(30)26-19-6-4-3-5-18(19)25/h3-13H,1-2H3,(H,26,30). The third-order valence-electron chi connectivity index (χ3n) is 4.62. The Labute approximate surface area is 181 Å². The van der Waals surface area contributed by atoms with Crippen LogP contribution in [0.5, 0.6) is 0 Å². The van der Waals surface area contributed by atoms with E-state index >= 15 is 0 Å². The molecule has 0 unspecified atom stereocenters. The lowest BCUT2D eigenvalue weighted by Crippen LogP contribution is -2.15. The van der Waals surface area contributed by atoms with E-state index in [4.69, 9.17) is 0 Å². The van der Waals surface area contributed by atoms with Crippen molar-refractivity contribution in [1.82, 2.24) is 14.8 Å². The normalized spacial score (nSPS) is 10.8. The molecule has 0 atom stereocenters. The summed E-state index contributed by atoms with van der Waals surface area (Å²) in [5.41, 5.74) is 3.82. The van der Waals surface area contributed by atoms with Crippen LogP contribution in [0.15, 0.2) is 71.2 Å². The molecule has 1 aromatic heterocycles. The second kappa shape index (κ2) is 8.20. The van der Waals surface area contributed by atoms with Crippen LogP contribution < -0.4 is 5.32 Å². The number of anilines is 1. The fraction of sp³-hybridized carbons (Fsp3) is 0.0870. The minimum atomic E-state index is -0.582. The van der Waals surface area contributed by atoms with Gasteiger partial charge in [-0.1, -0.05) is 57.9 Å². The maximum atomic E-state index is 13.9. The summed E-state index contributed by atoms with van der Waals surface area (Å²) < 4.78 is 16.5. The van der Waals surface area contributed by atoms with E-state index in [-0.39, 0.29) is 11.5 Å². The number of hydrogen-bond acceptors (Lipinski definition) is 3. The van der Waals surface area contributed by atoms with E-state index in [0.29, 0.717) is 5.82 Å². The van der Waals surface area contributed by atoms with Crippen molar-refractivity contribution >= 4 is 27.5 Å². The van der Waals surface area contributed by atoms with Crippen LogP contribution in [0.4, 0.5) is 10.1 Å². The number of carbonyl (C=O) groups is 1. The summed E-state index contributed by atoms with van der Waals surface area (Å²) in [5.74, 6) is -0.626. The molecule has 7 heteroatoms. The van der Waals surface area contributed by atoms with Gasteiger partial charge in [0.2, 0.25) is 5.82 Å². The van der Waals surface area contributed by atoms with Gasteiger partial charge in [-0.25, -0.2) is 14.1 Å². The van der Waals surface area contributed by atoms with Crippen LogP contribution in [0, 0.1) is 19.7 Å². The number of nitrogens with one attached hydrogen (secondary N) is 1. The first kappa shape index (κ1) is 20.0. The lowest BCUT2D eigenvalue weighted by atomic mass is 10.1. The molecule has 0 spiro atoms. The summed E-state index contributed by atoms with van der Waals surface area (Å²) >= 11 is 3.43. The Balaban J connectivity index is 1.80. The molecule has 1 amide bonds. The van der Waals surface area contributed by atoms with Crippen molar-refractivity contribution in [1.29, 1.82) is 0 Å². The molecule has 0 aliphatic rings. The van der Waals surface area contributed by atoms with Gasteiger partial charge in [0.1, 0.15) is 5.82 Å². The summed E-state index contributed by atoms with van der Waals surface area (Å²) in [6.07, 6.45) is 0. The minimum Gasteiger partial charge on any atom is -0.317 e. The fourth-order valence-corrected chi connectivity index (χ4v) is 3.41. The van der Waals surface area contributed by atoms with Gasteiger partial charge in [0.15, 0.2) is 5.82 Å². The highest BCUT2D eigenvalue weighted by atomic mass is 79.9. The predicted molar refractivity (Wildman–Crippen MR) is 118 cm³/mol. The van der Waals surface area contributed by atoms with E-state index in [1.165, 1.54) is 12.1 Å². The van der Waals surface area contributed by atoms with Gasteiger partial charge in [0.25, 0.3) is 5.91 Å². The van der Waals surface area contributed by atoms with E-state index in [1.807, 2.05) is 56.3 Å². The molecule has 4 rings (SSSR count). The predicted octanol–water partition coefficient (Wildman–Crippen LogP) is 5.71. The number of para-hydroxylation sites is 1. The number of aromatic nitrogens is 3. The second-order valence-corrected chi connectivity index (χ2v) is 7.82. The SMILES string of the molecule is Cc1ccc(-n2nc(C(=O)Nc3ccccc3F)nc2-c2ccc(Br)cc2)c(C)c1. The third kappa shape index (κ3) is 4.02. The van der Waals surface area contributed by atoms with Gasteiger partial charge < -0.3 is 5.32 Å². The van der Waals surface area contributed by atoms with Crippen molar-refractivity contribution in [3.63, 3.8) is 0 Å². The van der Waals surface area contributed by atoms with Crippen LogP contribution in [0.2, 0.25) is 0 Å². The molecular weight excluding hydrogens is 447 g/mol. The van der Waals surface area contributed by atoms with Gasteiger partial charge in [-0.05, 0) is 49.7 Å². The van der Waals surface area contributed by atoms with Gasteiger partial charge in [-0.3, -0.25) is 4.79 Å². The Hall–Kier alpha value is -3.32. The zero-order valence-corrected chi connectivity index (χ0v) is 17.9. The zero-order valence-electron chi connectivity index (χ0n) is 16.4. The summed E-state index contributed by atoms with van der Waals surface area (Å²) in [7, 11) is 0. The van der Waals surface area contributed by atoms with Gasteiger partial charge in [-0.2, -0.15) is 0 Å². The van der Waals surface area contributed by atoms with Crippen LogP contribution in [0.1, 0.15) is 21.7 Å². The number of carbonyl (C=O) groups excluding carboxylic acids is 1. The average molecular weight is 465 g/mol. The van der Waals surface area contributed by atoms with Crippen LogP contribution in [0.3, 0.4) is 0 Å². The van der Waals surface area contributed by atoms with E-state index < -0.39 is 11.7 Å². The van der Waals surface area contributed by atoms with Crippen molar-refractivity contribution in [3.8, 4) is 17.1 Å². The minimum absolute atomic E-state index is 0.0452. The Kier molecular flexibility index (Phi) is 5.46. The molecule has 0 radical (unpaired) electrons. The lowest BCUT2D eigenvalue weighted by molar-refractivity contribution is 0.101. The van der Waals surface area contributed by atoms with E-state index in [0.717, 1.165) is 26.9 Å². The monoisotopic (exact) mass is 464 g/mol. The molecule has 0 saturated carbocycles. The smallest absolute Gasteiger partial charge is 0.295 e. The van der Waals surface area contributed by atoms with Crippen LogP contribution in [-0.4, -0.2) is 20.7 Å². The quantitative estimate of drug-likeness (QED) is 0.420. The maximum Gasteiger partial charge on any atom is 0.295 e. The highest BCUT2D eigenvalue weighted by Gasteiger charge is 2.20. The Morgan fingerprint density at radius 3 is 2.47 bits per heavy atom. The van der Waals surface area contributed by atoms with Gasteiger partial charge in [0.05, 0.1) is 11.4 Å². The molecule has 3 aromatic carbocycles. The van der Waals surface area contributed by atoms with Crippen molar-refractivity contribution in [3.05, 3.63) is 94.0 Å². The van der Waals surface area contributed by atoms with E-state index in [1.54, 1.807) is 16.8 Å². The summed E-state index contributed by atoms with van der Waals surface area (Å²) in [6, 6.07) is 19.5. The second-order valence-electron chi connectivity index (χ2n) is 6.90. The first-order valence-electron chi connectivity index (χ1n) is 9.29. The first-order valence-corrected chi connectivity index (χ1v) is 10.1. The van der Waals surface area contributed by atoms with Crippen LogP contribution >= 0.6 is 15.9 Å². The Bertz CT molecular complexity index is 1230. The third-order valence-corrected chi connectivity index (χ3v) is 5.14. The van der Waals surface area contributed by atoms with Gasteiger partial charge in [0, 0.05) is 10.0 Å². The zero-order chi connectivity index (χ0) is 21.3. The number of amides is 1. The van der Waals surface area contributed by atoms with Crippen molar-refractivity contribution in [2.75, 3.05) is 5.32 Å². The van der Waals surface area contributed by atoms with Crippen molar-refractivity contribution in [2.45, 2.75) is 13.8 Å². The molecule has 0 bridgehead atoms. The molecule has 30 heavy (non-hydrogen) atoms. The van der Waals surface area contributed by atoms with Crippen molar-refractivity contribution < 1.29 is 9.18 Å². The summed E-state index contributed by atoms with van der Waals surface area (Å²) in [4.78, 5) is 17.2.